The number of nitrogens with one attached hydrogen (secondary N) is 1. The third kappa shape index (κ3) is 3.48. The molecule has 3 heterocycles. The van der Waals surface area contributed by atoms with Gasteiger partial charge in [0.2, 0.25) is 0 Å². The van der Waals surface area contributed by atoms with E-state index in [9.17, 15) is 4.79 Å². The van der Waals surface area contributed by atoms with Gasteiger partial charge in [-0.2, -0.15) is 5.10 Å². The minimum absolute atomic E-state index is 0.139. The molecule has 0 spiro atoms. The third-order valence-electron chi connectivity index (χ3n) is 4.30. The van der Waals surface area contributed by atoms with Gasteiger partial charge in [0.1, 0.15) is 11.4 Å². The van der Waals surface area contributed by atoms with Crippen molar-refractivity contribution in [3.63, 3.8) is 0 Å². The Morgan fingerprint density at radius 3 is 3.04 bits per heavy atom. The molecule has 0 saturated heterocycles. The van der Waals surface area contributed by atoms with Gasteiger partial charge < -0.3 is 5.32 Å². The molecule has 3 aromatic rings. The van der Waals surface area contributed by atoms with Gasteiger partial charge in [0.25, 0.3) is 5.91 Å². The van der Waals surface area contributed by atoms with Gasteiger partial charge in [-0.1, -0.05) is 0 Å². The number of carbonyl (C=O) groups excluding carboxylic acids is 1. The lowest BCUT2D eigenvalue weighted by atomic mass is 10.0. The second-order valence-corrected chi connectivity index (χ2v) is 7.37. The van der Waals surface area contributed by atoms with Crippen LogP contribution >= 0.6 is 11.8 Å². The topological polar surface area (TPSA) is 72.7 Å². The van der Waals surface area contributed by atoms with Crippen molar-refractivity contribution >= 4 is 23.4 Å². The van der Waals surface area contributed by atoms with Crippen molar-refractivity contribution in [1.82, 2.24) is 19.7 Å². The molecule has 1 amide bonds. The quantitative estimate of drug-likeness (QED) is 0.768. The van der Waals surface area contributed by atoms with Gasteiger partial charge in [-0.05, 0) is 48.8 Å². The predicted octanol–water partition coefficient (Wildman–Crippen LogP) is 3.56. The molecule has 0 bridgehead atoms. The predicted molar refractivity (Wildman–Crippen MR) is 102 cm³/mol. The minimum Gasteiger partial charge on any atom is -0.319 e. The van der Waals surface area contributed by atoms with Crippen LogP contribution in [0.1, 0.15) is 28.8 Å². The van der Waals surface area contributed by atoms with Crippen LogP contribution in [0.5, 0.6) is 0 Å². The average molecular weight is 365 g/mol. The van der Waals surface area contributed by atoms with Crippen LogP contribution in [0, 0.1) is 0 Å². The number of nitrogens with zero attached hydrogens (tertiary/aromatic N) is 4. The third-order valence-corrected chi connectivity index (χ3v) is 5.51. The normalized spacial score (nSPS) is 13.7. The van der Waals surface area contributed by atoms with E-state index in [2.05, 4.69) is 26.4 Å². The maximum atomic E-state index is 12.8. The van der Waals surface area contributed by atoms with E-state index in [0.29, 0.717) is 22.6 Å². The Morgan fingerprint density at radius 2 is 2.19 bits per heavy atom. The summed E-state index contributed by atoms with van der Waals surface area (Å²) >= 11 is 1.88. The minimum atomic E-state index is -0.139. The van der Waals surface area contributed by atoms with Gasteiger partial charge in [0, 0.05) is 36.1 Å². The Kier molecular flexibility index (Phi) is 4.71. The number of rotatable bonds is 3. The number of anilines is 1. The molecule has 0 aliphatic carbocycles. The number of thioether (sulfide) groups is 1. The molecule has 0 unspecified atom stereocenters. The van der Waals surface area contributed by atoms with Crippen molar-refractivity contribution in [2.45, 2.75) is 24.2 Å². The molecule has 4 rings (SSSR count). The van der Waals surface area contributed by atoms with Crippen LogP contribution in [0.15, 0.2) is 47.9 Å². The van der Waals surface area contributed by atoms with E-state index in [0.717, 1.165) is 12.2 Å². The van der Waals surface area contributed by atoms with Crippen LogP contribution in [-0.2, 0) is 13.5 Å². The van der Waals surface area contributed by atoms with Crippen molar-refractivity contribution in [2.24, 2.45) is 7.05 Å². The van der Waals surface area contributed by atoms with Crippen LogP contribution < -0.4 is 5.32 Å². The van der Waals surface area contributed by atoms with E-state index in [1.165, 1.54) is 23.3 Å². The summed E-state index contributed by atoms with van der Waals surface area (Å²) < 4.78 is 1.66. The van der Waals surface area contributed by atoms with Crippen LogP contribution in [0.4, 0.5) is 5.69 Å². The second-order valence-electron chi connectivity index (χ2n) is 6.24. The molecule has 0 radical (unpaired) electrons. The maximum Gasteiger partial charge on any atom is 0.255 e. The number of carbonyl (C=O) groups is 1. The molecular weight excluding hydrogens is 346 g/mol. The van der Waals surface area contributed by atoms with Gasteiger partial charge in [0.05, 0.1) is 11.9 Å². The zero-order chi connectivity index (χ0) is 17.9. The summed E-state index contributed by atoms with van der Waals surface area (Å²) in [5.74, 6) is 1.01. The van der Waals surface area contributed by atoms with Crippen LogP contribution in [-0.4, -0.2) is 31.4 Å². The largest absolute Gasteiger partial charge is 0.319 e. The summed E-state index contributed by atoms with van der Waals surface area (Å²) in [5, 5.41) is 7.38. The first-order chi connectivity index (χ1) is 12.7. The molecular formula is C19H19N5OS. The highest BCUT2D eigenvalue weighted by atomic mass is 32.2. The van der Waals surface area contributed by atoms with Gasteiger partial charge >= 0.3 is 0 Å². The molecule has 0 atom stereocenters. The standard InChI is InChI=1S/C19H19N5OS/c1-24-12-16(18(23-24)15-11-20-7-8-21-15)22-19(25)14-5-6-17-13(10-14)4-2-3-9-26-17/h5-8,10-12H,2-4,9H2,1H3,(H,22,25). The summed E-state index contributed by atoms with van der Waals surface area (Å²) in [6.45, 7) is 0. The summed E-state index contributed by atoms with van der Waals surface area (Å²) in [6, 6.07) is 5.97. The number of aromatic nitrogens is 4. The van der Waals surface area contributed by atoms with E-state index in [1.807, 2.05) is 30.9 Å². The van der Waals surface area contributed by atoms with E-state index >= 15 is 0 Å². The lowest BCUT2D eigenvalue weighted by molar-refractivity contribution is 0.102. The van der Waals surface area contributed by atoms with Gasteiger partial charge in [-0.15, -0.1) is 11.8 Å². The summed E-state index contributed by atoms with van der Waals surface area (Å²) in [6.07, 6.45) is 10.1. The first-order valence-corrected chi connectivity index (χ1v) is 9.56. The molecule has 1 aliphatic rings. The summed E-state index contributed by atoms with van der Waals surface area (Å²) in [7, 11) is 1.81. The number of aryl methyl sites for hydroxylation is 2. The molecule has 132 valence electrons. The Hall–Kier alpha value is -2.67. The number of amides is 1. The molecule has 6 nitrogen and oxygen atoms in total. The zero-order valence-electron chi connectivity index (χ0n) is 14.5. The van der Waals surface area contributed by atoms with E-state index in [-0.39, 0.29) is 5.91 Å². The fourth-order valence-electron chi connectivity index (χ4n) is 3.04. The fourth-order valence-corrected chi connectivity index (χ4v) is 4.12. The molecule has 1 aromatic carbocycles. The molecule has 2 aromatic heterocycles. The Bertz CT molecular complexity index is 938. The zero-order valence-corrected chi connectivity index (χ0v) is 15.3. The second kappa shape index (κ2) is 7.29. The smallest absolute Gasteiger partial charge is 0.255 e. The molecule has 0 saturated carbocycles. The van der Waals surface area contributed by atoms with E-state index in [4.69, 9.17) is 0 Å². The highest BCUT2D eigenvalue weighted by Gasteiger charge is 2.17. The van der Waals surface area contributed by atoms with Crippen molar-refractivity contribution in [3.05, 3.63) is 54.1 Å². The lowest BCUT2D eigenvalue weighted by Gasteiger charge is -2.09. The number of benzene rings is 1. The monoisotopic (exact) mass is 365 g/mol. The maximum absolute atomic E-state index is 12.8. The van der Waals surface area contributed by atoms with Crippen LogP contribution in [0.2, 0.25) is 0 Å². The van der Waals surface area contributed by atoms with Crippen molar-refractivity contribution < 1.29 is 4.79 Å². The van der Waals surface area contributed by atoms with Crippen LogP contribution in [0.25, 0.3) is 11.4 Å². The first kappa shape index (κ1) is 16.8. The molecule has 1 N–H and O–H groups in total. The summed E-state index contributed by atoms with van der Waals surface area (Å²) in [5.41, 5.74) is 3.80. The highest BCUT2D eigenvalue weighted by molar-refractivity contribution is 7.99. The molecule has 0 fully saturated rings. The Labute approximate surface area is 156 Å². The molecule has 7 heteroatoms. The lowest BCUT2D eigenvalue weighted by Crippen LogP contribution is -2.12. The first-order valence-electron chi connectivity index (χ1n) is 8.58. The number of hydrogen-bond donors (Lipinski definition) is 1. The average Bonchev–Trinajstić information content (AvgIpc) is 2.88. The van der Waals surface area contributed by atoms with Gasteiger partial charge in [-0.3, -0.25) is 19.4 Å². The number of hydrogen-bond acceptors (Lipinski definition) is 5. The van der Waals surface area contributed by atoms with E-state index < -0.39 is 0 Å². The van der Waals surface area contributed by atoms with Gasteiger partial charge in [0.15, 0.2) is 0 Å². The SMILES string of the molecule is Cn1cc(NC(=O)c2ccc3c(c2)CCCCS3)c(-c2cnccn2)n1. The van der Waals surface area contributed by atoms with E-state index in [1.54, 1.807) is 29.5 Å². The van der Waals surface area contributed by atoms with Crippen molar-refractivity contribution in [3.8, 4) is 11.4 Å². The van der Waals surface area contributed by atoms with Crippen LogP contribution in [0.3, 0.4) is 0 Å². The van der Waals surface area contributed by atoms with Gasteiger partial charge in [-0.25, -0.2) is 0 Å². The fraction of sp³-hybridized carbons (Fsp3) is 0.263. The Balaban J connectivity index is 1.60. The molecule has 26 heavy (non-hydrogen) atoms. The van der Waals surface area contributed by atoms with Crippen molar-refractivity contribution in [2.75, 3.05) is 11.1 Å². The highest BCUT2D eigenvalue weighted by Crippen LogP contribution is 2.30. The summed E-state index contributed by atoms with van der Waals surface area (Å²) in [4.78, 5) is 22.4. The number of fused-ring (bicyclic) bond motifs is 1. The molecule has 1 aliphatic heterocycles. The Morgan fingerprint density at radius 1 is 1.27 bits per heavy atom. The van der Waals surface area contributed by atoms with Crippen molar-refractivity contribution in [1.29, 1.82) is 0 Å².